The van der Waals surface area contributed by atoms with Gasteiger partial charge in [-0.25, -0.2) is 4.68 Å². The first-order valence-electron chi connectivity index (χ1n) is 12.3. The minimum Gasteiger partial charge on any atom is -0.493 e. The fourth-order valence-electron chi connectivity index (χ4n) is 4.56. The van der Waals surface area contributed by atoms with Crippen molar-refractivity contribution < 1.29 is 27.8 Å². The smallest absolute Gasteiger partial charge is 0.392 e. The summed E-state index contributed by atoms with van der Waals surface area (Å²) in [6, 6.07) is 11.3. The lowest BCUT2D eigenvalue weighted by molar-refractivity contribution is -0.139. The number of aliphatic hydroxyl groups excluding tert-OH is 1. The van der Waals surface area contributed by atoms with E-state index >= 15 is 0 Å². The van der Waals surface area contributed by atoms with Crippen LogP contribution in [0.2, 0.25) is 10.0 Å². The second-order valence-electron chi connectivity index (χ2n) is 9.37. The predicted octanol–water partition coefficient (Wildman–Crippen LogP) is 6.45. The Morgan fingerprint density at radius 3 is 2.53 bits per heavy atom. The summed E-state index contributed by atoms with van der Waals surface area (Å²) in [5.74, 6) is 0.0581. The average Bonchev–Trinajstić information content (AvgIpc) is 3.15. The number of aliphatic hydroxyl groups is 1. The van der Waals surface area contributed by atoms with Gasteiger partial charge in [0.2, 0.25) is 5.91 Å². The molecule has 6 nitrogen and oxygen atoms in total. The number of carbonyl (C=O) groups is 1. The first-order valence-corrected chi connectivity index (χ1v) is 13.1. The van der Waals surface area contributed by atoms with Crippen LogP contribution in [0.15, 0.2) is 42.5 Å². The van der Waals surface area contributed by atoms with Gasteiger partial charge in [0.1, 0.15) is 5.75 Å². The molecule has 0 aliphatic heterocycles. The van der Waals surface area contributed by atoms with Crippen molar-refractivity contribution >= 4 is 29.1 Å². The molecule has 0 spiro atoms. The van der Waals surface area contributed by atoms with E-state index in [0.717, 1.165) is 24.8 Å². The van der Waals surface area contributed by atoms with E-state index in [0.29, 0.717) is 44.9 Å². The average molecular weight is 570 g/mol. The highest BCUT2D eigenvalue weighted by Gasteiger charge is 2.28. The van der Waals surface area contributed by atoms with Crippen LogP contribution in [0.25, 0.3) is 16.9 Å². The van der Waals surface area contributed by atoms with Crippen LogP contribution in [0.1, 0.15) is 43.4 Å². The van der Waals surface area contributed by atoms with Crippen LogP contribution in [-0.4, -0.2) is 45.7 Å². The number of aromatic nitrogens is 2. The summed E-state index contributed by atoms with van der Waals surface area (Å²) in [5.41, 5.74) is 3.18. The maximum Gasteiger partial charge on any atom is 0.392 e. The first-order chi connectivity index (χ1) is 18.0. The third kappa shape index (κ3) is 7.01. The van der Waals surface area contributed by atoms with Crippen LogP contribution >= 0.6 is 23.2 Å². The van der Waals surface area contributed by atoms with Crippen LogP contribution in [0.4, 0.5) is 13.2 Å². The van der Waals surface area contributed by atoms with E-state index in [1.807, 2.05) is 6.92 Å². The van der Waals surface area contributed by atoms with E-state index in [4.69, 9.17) is 33.0 Å². The van der Waals surface area contributed by atoms with E-state index < -0.39 is 25.3 Å². The molecule has 2 atom stereocenters. The summed E-state index contributed by atoms with van der Waals surface area (Å²) < 4.78 is 44.2. The van der Waals surface area contributed by atoms with E-state index in [9.17, 15) is 23.1 Å². The second-order valence-corrected chi connectivity index (χ2v) is 10.2. The molecule has 4 rings (SSSR count). The Labute approximate surface area is 228 Å². The van der Waals surface area contributed by atoms with Crippen LogP contribution in [-0.2, 0) is 11.2 Å². The fraction of sp³-hybridized carbons (Fsp3) is 0.407. The molecule has 1 amide bonds. The lowest BCUT2D eigenvalue weighted by atomic mass is 9.92. The van der Waals surface area contributed by atoms with E-state index in [-0.39, 0.29) is 18.4 Å². The standard InChI is InChI=1S/C27H28Cl2F3N3O3/c1-16-22(15-25(37)33-21-4-2-3-5-24(21)36)34-35(23-11-8-18(28)14-20(23)29)26(16)17-6-9-19(10-7-17)38-13-12-27(30,31)32/h6-11,14,21,24,36H,2-5,12-13,15H2,1H3,(H,33,37)/t21-,24+/m1/s1. The minimum absolute atomic E-state index is 0.00109. The van der Waals surface area contributed by atoms with Crippen molar-refractivity contribution in [1.82, 2.24) is 15.1 Å². The summed E-state index contributed by atoms with van der Waals surface area (Å²) >= 11 is 12.6. The summed E-state index contributed by atoms with van der Waals surface area (Å²) in [6.07, 6.45) is -2.63. The van der Waals surface area contributed by atoms with Crippen molar-refractivity contribution in [2.45, 2.75) is 63.8 Å². The van der Waals surface area contributed by atoms with Gasteiger partial charge in [-0.1, -0.05) is 36.0 Å². The van der Waals surface area contributed by atoms with Gasteiger partial charge in [0.05, 0.1) is 53.7 Å². The van der Waals surface area contributed by atoms with Crippen LogP contribution in [0.5, 0.6) is 5.75 Å². The van der Waals surface area contributed by atoms with Gasteiger partial charge in [0, 0.05) is 10.6 Å². The van der Waals surface area contributed by atoms with Gasteiger partial charge in [-0.05, 0) is 67.8 Å². The Morgan fingerprint density at radius 1 is 1.16 bits per heavy atom. The van der Waals surface area contributed by atoms with E-state index in [2.05, 4.69) is 5.32 Å². The number of benzene rings is 2. The highest BCUT2D eigenvalue weighted by atomic mass is 35.5. The highest BCUT2D eigenvalue weighted by Crippen LogP contribution is 2.34. The van der Waals surface area contributed by atoms with Crippen molar-refractivity contribution in [3.63, 3.8) is 0 Å². The van der Waals surface area contributed by atoms with E-state index in [1.165, 1.54) is 0 Å². The van der Waals surface area contributed by atoms with Gasteiger partial charge in [-0.2, -0.15) is 18.3 Å². The molecule has 1 heterocycles. The summed E-state index contributed by atoms with van der Waals surface area (Å²) in [4.78, 5) is 12.9. The topological polar surface area (TPSA) is 76.4 Å². The lowest BCUT2D eigenvalue weighted by Crippen LogP contribution is -2.45. The predicted molar refractivity (Wildman–Crippen MR) is 140 cm³/mol. The van der Waals surface area contributed by atoms with Crippen LogP contribution in [0.3, 0.4) is 0 Å². The van der Waals surface area contributed by atoms with E-state index in [1.54, 1.807) is 47.1 Å². The molecular formula is C27H28Cl2F3N3O3. The molecule has 1 saturated carbocycles. The Hall–Kier alpha value is -2.75. The molecule has 0 unspecified atom stereocenters. The molecule has 2 aromatic carbocycles. The van der Waals surface area contributed by atoms with Crippen molar-refractivity contribution in [3.05, 3.63) is 63.8 Å². The Bertz CT molecular complexity index is 1280. The minimum atomic E-state index is -4.29. The normalized spacial score (nSPS) is 17.9. The molecule has 1 aromatic heterocycles. The molecule has 1 fully saturated rings. The molecule has 0 bridgehead atoms. The maximum atomic E-state index is 12.9. The molecule has 38 heavy (non-hydrogen) atoms. The number of nitrogens with zero attached hydrogens (tertiary/aromatic N) is 2. The van der Waals surface area contributed by atoms with Gasteiger partial charge >= 0.3 is 6.18 Å². The monoisotopic (exact) mass is 569 g/mol. The molecule has 1 aliphatic carbocycles. The van der Waals surface area contributed by atoms with Crippen molar-refractivity contribution in [2.24, 2.45) is 0 Å². The van der Waals surface area contributed by atoms with Gasteiger partial charge in [-0.3, -0.25) is 4.79 Å². The highest BCUT2D eigenvalue weighted by molar-refractivity contribution is 6.35. The SMILES string of the molecule is Cc1c(CC(=O)N[C@@H]2CCCC[C@@H]2O)nn(-c2ccc(Cl)cc2Cl)c1-c1ccc(OCCC(F)(F)F)cc1. The third-order valence-electron chi connectivity index (χ3n) is 6.54. The largest absolute Gasteiger partial charge is 0.493 e. The third-order valence-corrected chi connectivity index (χ3v) is 7.08. The molecule has 0 saturated heterocycles. The molecule has 0 radical (unpaired) electrons. The Balaban J connectivity index is 1.63. The number of hydrogen-bond donors (Lipinski definition) is 2. The molecule has 1 aliphatic rings. The number of amides is 1. The quantitative estimate of drug-likeness (QED) is 0.327. The number of alkyl halides is 3. The van der Waals surface area contributed by atoms with Gasteiger partial charge in [-0.15, -0.1) is 0 Å². The van der Waals surface area contributed by atoms with Crippen molar-refractivity contribution in [2.75, 3.05) is 6.61 Å². The van der Waals surface area contributed by atoms with Crippen LogP contribution < -0.4 is 10.1 Å². The zero-order valence-electron chi connectivity index (χ0n) is 20.7. The van der Waals surface area contributed by atoms with Crippen molar-refractivity contribution in [1.29, 1.82) is 0 Å². The summed E-state index contributed by atoms with van der Waals surface area (Å²) in [5, 5.41) is 18.7. The number of carbonyl (C=O) groups excluding carboxylic acids is 1. The Kier molecular flexibility index (Phi) is 8.90. The fourth-order valence-corrected chi connectivity index (χ4v) is 5.05. The number of halogens is 5. The summed E-state index contributed by atoms with van der Waals surface area (Å²) in [6.45, 7) is 1.36. The van der Waals surface area contributed by atoms with Crippen molar-refractivity contribution in [3.8, 4) is 22.7 Å². The second kappa shape index (κ2) is 12.0. The Morgan fingerprint density at radius 2 is 1.87 bits per heavy atom. The molecule has 3 aromatic rings. The van der Waals surface area contributed by atoms with Gasteiger partial charge < -0.3 is 15.2 Å². The zero-order valence-corrected chi connectivity index (χ0v) is 22.2. The first kappa shape index (κ1) is 28.3. The number of nitrogens with one attached hydrogen (secondary N) is 1. The number of rotatable bonds is 8. The summed E-state index contributed by atoms with van der Waals surface area (Å²) in [7, 11) is 0. The number of ether oxygens (including phenoxy) is 1. The maximum absolute atomic E-state index is 12.9. The number of hydrogen-bond acceptors (Lipinski definition) is 4. The zero-order chi connectivity index (χ0) is 27.4. The molecular weight excluding hydrogens is 542 g/mol. The molecule has 11 heteroatoms. The molecule has 204 valence electrons. The van der Waals surface area contributed by atoms with Crippen LogP contribution in [0, 0.1) is 6.92 Å². The molecule has 2 N–H and O–H groups in total. The lowest BCUT2D eigenvalue weighted by Gasteiger charge is -2.28. The van der Waals surface area contributed by atoms with Gasteiger partial charge in [0.15, 0.2) is 0 Å². The van der Waals surface area contributed by atoms with Gasteiger partial charge in [0.25, 0.3) is 0 Å².